The molecule has 0 aliphatic heterocycles. The summed E-state index contributed by atoms with van der Waals surface area (Å²) in [6.07, 6.45) is -0.673. The monoisotopic (exact) mass is 378 g/mol. The van der Waals surface area contributed by atoms with Gasteiger partial charge < -0.3 is 9.26 Å². The number of amides is 1. The van der Waals surface area contributed by atoms with E-state index in [4.69, 9.17) is 9.26 Å². The largest absolute Gasteiger partial charge is 0.481 e. The molecule has 0 radical (unpaired) electrons. The summed E-state index contributed by atoms with van der Waals surface area (Å²) in [6.45, 7) is 10.2. The average molecular weight is 378 g/mol. The number of rotatable bonds is 5. The van der Waals surface area contributed by atoms with E-state index in [2.05, 4.69) is 31.2 Å². The Hall–Kier alpha value is -3.08. The summed E-state index contributed by atoms with van der Waals surface area (Å²) >= 11 is 0. The number of carbonyl (C=O) groups is 1. The molecule has 0 aliphatic rings. The van der Waals surface area contributed by atoms with Crippen LogP contribution in [0.25, 0.3) is 11.3 Å². The van der Waals surface area contributed by atoms with E-state index in [0.29, 0.717) is 17.3 Å². The first kappa shape index (κ1) is 19.7. The summed E-state index contributed by atoms with van der Waals surface area (Å²) in [5.41, 5.74) is 4.05. The quantitative estimate of drug-likeness (QED) is 0.650. The number of nitrogens with zero attached hydrogens (tertiary/aromatic N) is 1. The van der Waals surface area contributed by atoms with Crippen LogP contribution in [0.15, 0.2) is 59.1 Å². The number of nitrogens with one attached hydrogen (secondary N) is 1. The molecule has 0 spiro atoms. The first-order valence-corrected chi connectivity index (χ1v) is 9.34. The van der Waals surface area contributed by atoms with E-state index in [1.54, 1.807) is 13.0 Å². The molecule has 0 fully saturated rings. The van der Waals surface area contributed by atoms with Crippen LogP contribution in [0.1, 0.15) is 38.8 Å². The highest BCUT2D eigenvalue weighted by molar-refractivity contribution is 5.93. The minimum Gasteiger partial charge on any atom is -0.481 e. The SMILES string of the molecule is Cc1ccc(-c2cc(NC(=O)[C@H](C)Oc3ccc(C(C)(C)C)cc3)on2)cc1. The molecule has 0 unspecified atom stereocenters. The van der Waals surface area contributed by atoms with Gasteiger partial charge in [-0.1, -0.05) is 67.9 Å². The molecule has 0 saturated carbocycles. The standard InChI is InChI=1S/C23H26N2O3/c1-15-6-8-17(9-7-15)20-14-21(28-25-20)24-22(26)16(2)27-19-12-10-18(11-13-19)23(3,4)5/h6-14,16H,1-5H3,(H,24,26)/t16-/m0/s1. The van der Waals surface area contributed by atoms with Gasteiger partial charge in [0, 0.05) is 11.6 Å². The van der Waals surface area contributed by atoms with Gasteiger partial charge in [-0.3, -0.25) is 10.1 Å². The van der Waals surface area contributed by atoms with Crippen molar-refractivity contribution < 1.29 is 14.1 Å². The fourth-order valence-electron chi connectivity index (χ4n) is 2.71. The predicted octanol–water partition coefficient (Wildman–Crippen LogP) is 5.35. The lowest BCUT2D eigenvalue weighted by molar-refractivity contribution is -0.122. The maximum Gasteiger partial charge on any atom is 0.267 e. The highest BCUT2D eigenvalue weighted by Gasteiger charge is 2.18. The Morgan fingerprint density at radius 1 is 1.07 bits per heavy atom. The number of hydrogen-bond acceptors (Lipinski definition) is 4. The maximum absolute atomic E-state index is 12.4. The Labute approximate surface area is 165 Å². The Balaban J connectivity index is 1.61. The van der Waals surface area contributed by atoms with E-state index < -0.39 is 6.10 Å². The van der Waals surface area contributed by atoms with Crippen LogP contribution >= 0.6 is 0 Å². The van der Waals surface area contributed by atoms with Crippen LogP contribution in [-0.4, -0.2) is 17.2 Å². The second kappa shape index (κ2) is 7.89. The van der Waals surface area contributed by atoms with Crippen molar-refractivity contribution in [1.82, 2.24) is 5.16 Å². The smallest absolute Gasteiger partial charge is 0.267 e. The van der Waals surface area contributed by atoms with E-state index in [-0.39, 0.29) is 11.3 Å². The molecule has 1 amide bonds. The number of hydrogen-bond donors (Lipinski definition) is 1. The van der Waals surface area contributed by atoms with Gasteiger partial charge in [0.2, 0.25) is 5.88 Å². The van der Waals surface area contributed by atoms with Crippen molar-refractivity contribution in [3.8, 4) is 17.0 Å². The van der Waals surface area contributed by atoms with Crippen LogP contribution in [0, 0.1) is 6.92 Å². The Morgan fingerprint density at radius 3 is 2.32 bits per heavy atom. The molecule has 28 heavy (non-hydrogen) atoms. The molecule has 1 atom stereocenters. The Morgan fingerprint density at radius 2 is 1.71 bits per heavy atom. The van der Waals surface area contributed by atoms with E-state index in [1.807, 2.05) is 55.5 Å². The predicted molar refractivity (Wildman–Crippen MR) is 111 cm³/mol. The topological polar surface area (TPSA) is 64.4 Å². The summed E-state index contributed by atoms with van der Waals surface area (Å²) in [7, 11) is 0. The van der Waals surface area contributed by atoms with Gasteiger partial charge in [0.1, 0.15) is 11.4 Å². The number of ether oxygens (including phenoxy) is 1. The number of aryl methyl sites for hydroxylation is 1. The minimum absolute atomic E-state index is 0.0724. The van der Waals surface area contributed by atoms with Crippen LogP contribution in [0.2, 0.25) is 0 Å². The molecular formula is C23H26N2O3. The third-order valence-corrected chi connectivity index (χ3v) is 4.51. The van der Waals surface area contributed by atoms with Crippen molar-refractivity contribution >= 4 is 11.8 Å². The number of anilines is 1. The van der Waals surface area contributed by atoms with Gasteiger partial charge in [0.05, 0.1) is 0 Å². The molecule has 5 nitrogen and oxygen atoms in total. The van der Waals surface area contributed by atoms with Crippen LogP contribution < -0.4 is 10.1 Å². The fourth-order valence-corrected chi connectivity index (χ4v) is 2.71. The molecule has 146 valence electrons. The highest BCUT2D eigenvalue weighted by atomic mass is 16.5. The molecule has 1 N–H and O–H groups in total. The fraction of sp³-hybridized carbons (Fsp3) is 0.304. The first-order chi connectivity index (χ1) is 13.2. The molecule has 1 aromatic heterocycles. The molecule has 2 aromatic carbocycles. The lowest BCUT2D eigenvalue weighted by atomic mass is 9.87. The van der Waals surface area contributed by atoms with E-state index in [1.165, 1.54) is 11.1 Å². The van der Waals surface area contributed by atoms with Crippen molar-refractivity contribution in [3.63, 3.8) is 0 Å². The summed E-state index contributed by atoms with van der Waals surface area (Å²) in [5.74, 6) is 0.638. The van der Waals surface area contributed by atoms with Gasteiger partial charge in [-0.25, -0.2) is 0 Å². The van der Waals surface area contributed by atoms with Crippen molar-refractivity contribution in [1.29, 1.82) is 0 Å². The van der Waals surface area contributed by atoms with Crippen molar-refractivity contribution in [2.75, 3.05) is 5.32 Å². The summed E-state index contributed by atoms with van der Waals surface area (Å²) in [4.78, 5) is 12.4. The molecule has 3 rings (SSSR count). The first-order valence-electron chi connectivity index (χ1n) is 9.34. The zero-order valence-corrected chi connectivity index (χ0v) is 16.9. The van der Waals surface area contributed by atoms with Crippen LogP contribution in [0.5, 0.6) is 5.75 Å². The molecular weight excluding hydrogens is 352 g/mol. The number of carbonyl (C=O) groups excluding carboxylic acids is 1. The molecule has 0 aliphatic carbocycles. The lowest BCUT2D eigenvalue weighted by Gasteiger charge is -2.20. The van der Waals surface area contributed by atoms with Gasteiger partial charge in [-0.05, 0) is 37.0 Å². The van der Waals surface area contributed by atoms with Crippen molar-refractivity contribution in [2.24, 2.45) is 0 Å². The average Bonchev–Trinajstić information content (AvgIpc) is 3.10. The number of aromatic nitrogens is 1. The number of benzene rings is 2. The van der Waals surface area contributed by atoms with Gasteiger partial charge in [-0.2, -0.15) is 0 Å². The van der Waals surface area contributed by atoms with Crippen LogP contribution in [0.3, 0.4) is 0 Å². The Bertz CT molecular complexity index is 935. The summed E-state index contributed by atoms with van der Waals surface area (Å²) in [5, 5.41) is 6.72. The maximum atomic E-state index is 12.4. The summed E-state index contributed by atoms with van der Waals surface area (Å²) < 4.78 is 11.0. The molecule has 0 bridgehead atoms. The molecule has 0 saturated heterocycles. The van der Waals surface area contributed by atoms with Crippen molar-refractivity contribution in [3.05, 3.63) is 65.7 Å². The normalized spacial score (nSPS) is 12.5. The zero-order valence-electron chi connectivity index (χ0n) is 16.9. The van der Waals surface area contributed by atoms with E-state index in [9.17, 15) is 4.79 Å². The Kier molecular flexibility index (Phi) is 5.54. The van der Waals surface area contributed by atoms with Crippen molar-refractivity contribution in [2.45, 2.75) is 46.1 Å². The second-order valence-electron chi connectivity index (χ2n) is 7.97. The third kappa shape index (κ3) is 4.80. The second-order valence-corrected chi connectivity index (χ2v) is 7.97. The zero-order chi connectivity index (χ0) is 20.3. The van der Waals surface area contributed by atoms with E-state index in [0.717, 1.165) is 5.56 Å². The molecule has 1 heterocycles. The lowest BCUT2D eigenvalue weighted by Crippen LogP contribution is -2.30. The highest BCUT2D eigenvalue weighted by Crippen LogP contribution is 2.25. The van der Waals surface area contributed by atoms with Gasteiger partial charge in [0.25, 0.3) is 5.91 Å². The summed E-state index contributed by atoms with van der Waals surface area (Å²) in [6, 6.07) is 17.4. The molecule has 5 heteroatoms. The van der Waals surface area contributed by atoms with E-state index >= 15 is 0 Å². The minimum atomic E-state index is -0.673. The van der Waals surface area contributed by atoms with Crippen LogP contribution in [-0.2, 0) is 10.2 Å². The van der Waals surface area contributed by atoms with Gasteiger partial charge >= 0.3 is 0 Å². The van der Waals surface area contributed by atoms with Crippen LogP contribution in [0.4, 0.5) is 5.88 Å². The third-order valence-electron chi connectivity index (χ3n) is 4.51. The van der Waals surface area contributed by atoms with Gasteiger partial charge in [-0.15, -0.1) is 0 Å². The van der Waals surface area contributed by atoms with Gasteiger partial charge in [0.15, 0.2) is 6.10 Å². The molecule has 3 aromatic rings.